The van der Waals surface area contributed by atoms with E-state index in [0.29, 0.717) is 38.7 Å². The minimum absolute atomic E-state index is 0.498. The second-order valence-corrected chi connectivity index (χ2v) is 7.01. The van der Waals surface area contributed by atoms with Crippen LogP contribution in [0.25, 0.3) is 17.1 Å². The van der Waals surface area contributed by atoms with Gasteiger partial charge >= 0.3 is 0 Å². The molecule has 4 heterocycles. The number of allylic oxidation sites excluding steroid dienone is 2. The number of anilines is 2. The van der Waals surface area contributed by atoms with Gasteiger partial charge in [0, 0.05) is 37.8 Å². The third-order valence-electron chi connectivity index (χ3n) is 4.89. The van der Waals surface area contributed by atoms with Crippen LogP contribution >= 0.6 is 0 Å². The zero-order valence-electron chi connectivity index (χ0n) is 17.5. The fraction of sp³-hybridized carbons (Fsp3) is 0.261. The first-order valence-electron chi connectivity index (χ1n) is 10.2. The van der Waals surface area contributed by atoms with Gasteiger partial charge in [-0.1, -0.05) is 18.2 Å². The first-order chi connectivity index (χ1) is 15.3. The Kier molecular flexibility index (Phi) is 6.71. The smallest absolute Gasteiger partial charge is 0.134 e. The van der Waals surface area contributed by atoms with Crippen molar-refractivity contribution in [1.82, 2.24) is 19.7 Å². The summed E-state index contributed by atoms with van der Waals surface area (Å²) < 4.78 is 12.6. The topological polar surface area (TPSA) is 91.3 Å². The summed E-state index contributed by atoms with van der Waals surface area (Å²) in [5.41, 5.74) is 10.4. The summed E-state index contributed by atoms with van der Waals surface area (Å²) in [6.07, 6.45) is 11.9. The third-order valence-corrected chi connectivity index (χ3v) is 4.89. The van der Waals surface area contributed by atoms with E-state index in [-0.39, 0.29) is 0 Å². The van der Waals surface area contributed by atoms with Gasteiger partial charge in [0.25, 0.3) is 0 Å². The van der Waals surface area contributed by atoms with Crippen LogP contribution in [0.15, 0.2) is 67.2 Å². The van der Waals surface area contributed by atoms with Crippen molar-refractivity contribution < 1.29 is 9.47 Å². The molecule has 8 heteroatoms. The van der Waals surface area contributed by atoms with E-state index < -0.39 is 0 Å². The Morgan fingerprint density at radius 2 is 2.03 bits per heavy atom. The van der Waals surface area contributed by atoms with Gasteiger partial charge in [0.1, 0.15) is 11.5 Å². The van der Waals surface area contributed by atoms with Crippen molar-refractivity contribution in [3.8, 4) is 11.4 Å². The van der Waals surface area contributed by atoms with E-state index in [9.17, 15) is 0 Å². The molecule has 0 saturated heterocycles. The van der Waals surface area contributed by atoms with Crippen molar-refractivity contribution in [2.24, 2.45) is 0 Å². The lowest BCUT2D eigenvalue weighted by atomic mass is 10.1. The van der Waals surface area contributed by atoms with Crippen molar-refractivity contribution in [2.45, 2.75) is 6.54 Å². The van der Waals surface area contributed by atoms with E-state index >= 15 is 0 Å². The molecule has 0 unspecified atom stereocenters. The molecule has 0 radical (unpaired) electrons. The average molecular weight is 419 g/mol. The van der Waals surface area contributed by atoms with E-state index in [1.807, 2.05) is 41.2 Å². The Balaban J connectivity index is 1.65. The fourth-order valence-corrected chi connectivity index (χ4v) is 3.36. The van der Waals surface area contributed by atoms with E-state index in [0.717, 1.165) is 28.3 Å². The monoisotopic (exact) mass is 418 g/mol. The number of nitrogens with two attached hydrogens (primary N) is 1. The molecular weight excluding hydrogens is 392 g/mol. The van der Waals surface area contributed by atoms with Crippen LogP contribution in [0.5, 0.6) is 0 Å². The highest BCUT2D eigenvalue weighted by atomic mass is 16.5. The molecule has 0 atom stereocenters. The van der Waals surface area contributed by atoms with Crippen LogP contribution in [0.4, 0.5) is 11.5 Å². The van der Waals surface area contributed by atoms with Crippen molar-refractivity contribution in [2.75, 3.05) is 44.1 Å². The van der Waals surface area contributed by atoms with Crippen LogP contribution < -0.4 is 10.6 Å². The van der Waals surface area contributed by atoms with E-state index in [1.165, 1.54) is 0 Å². The molecule has 0 saturated carbocycles. The van der Waals surface area contributed by atoms with Crippen LogP contribution in [-0.4, -0.2) is 53.2 Å². The molecule has 1 aliphatic heterocycles. The largest absolute Gasteiger partial charge is 0.384 e. The Morgan fingerprint density at radius 1 is 1.10 bits per heavy atom. The van der Waals surface area contributed by atoms with Gasteiger partial charge in [0.05, 0.1) is 43.4 Å². The molecule has 160 valence electrons. The Labute approximate surface area is 181 Å². The summed E-state index contributed by atoms with van der Waals surface area (Å²) >= 11 is 0. The van der Waals surface area contributed by atoms with Gasteiger partial charge in [-0.15, -0.1) is 0 Å². The predicted molar refractivity (Wildman–Crippen MR) is 121 cm³/mol. The highest BCUT2D eigenvalue weighted by Crippen LogP contribution is 2.35. The van der Waals surface area contributed by atoms with E-state index in [4.69, 9.17) is 20.3 Å². The molecule has 0 spiro atoms. The number of hydrogen-bond donors (Lipinski definition) is 1. The zero-order chi connectivity index (χ0) is 21.5. The number of hydrogen-bond acceptors (Lipinski definition) is 7. The van der Waals surface area contributed by atoms with Crippen LogP contribution in [0.3, 0.4) is 0 Å². The van der Waals surface area contributed by atoms with Gasteiger partial charge < -0.3 is 20.1 Å². The number of nitrogens with zero attached hydrogens (tertiary/aromatic N) is 5. The molecule has 0 bridgehead atoms. The molecule has 2 N–H and O–H groups in total. The lowest BCUT2D eigenvalue weighted by molar-refractivity contribution is 0.0654. The predicted octanol–water partition coefficient (Wildman–Crippen LogP) is 3.00. The standard InChI is InChI=1S/C23H26N6O2/c1-30-14-15-31-13-12-28-17-21(23(27-28)19-6-2-4-10-25-19)29-11-5-3-7-20(29)18-8-9-22(24)26-16-18/h2-10,16-17H,11-15H2,1H3,(H2,24,26). The number of ether oxygens (including phenoxy) is 2. The van der Waals surface area contributed by atoms with Crippen LogP contribution in [0.2, 0.25) is 0 Å². The first kappa shape index (κ1) is 20.8. The average Bonchev–Trinajstić information content (AvgIpc) is 3.24. The van der Waals surface area contributed by atoms with Gasteiger partial charge in [0.15, 0.2) is 0 Å². The molecule has 3 aromatic heterocycles. The third kappa shape index (κ3) is 4.99. The lowest BCUT2D eigenvalue weighted by Crippen LogP contribution is -2.24. The maximum atomic E-state index is 5.78. The van der Waals surface area contributed by atoms with Crippen LogP contribution in [-0.2, 0) is 16.0 Å². The molecule has 31 heavy (non-hydrogen) atoms. The maximum absolute atomic E-state index is 5.78. The number of nitrogen functional groups attached to an aromatic ring is 1. The molecule has 4 rings (SSSR count). The van der Waals surface area contributed by atoms with E-state index in [2.05, 4.69) is 33.1 Å². The summed E-state index contributed by atoms with van der Waals surface area (Å²) in [6.45, 7) is 3.04. The van der Waals surface area contributed by atoms with Crippen molar-refractivity contribution in [3.05, 3.63) is 72.7 Å². The van der Waals surface area contributed by atoms with Gasteiger partial charge in [-0.05, 0) is 30.3 Å². The van der Waals surface area contributed by atoms with Crippen molar-refractivity contribution in [3.63, 3.8) is 0 Å². The van der Waals surface area contributed by atoms with Gasteiger partial charge in [-0.3, -0.25) is 9.67 Å². The van der Waals surface area contributed by atoms with Crippen LogP contribution in [0.1, 0.15) is 5.56 Å². The molecule has 0 amide bonds. The SMILES string of the molecule is COCCOCCn1cc(N2CC=CC=C2c2ccc(N)nc2)c(-c2ccccn2)n1. The number of aromatic nitrogens is 4. The molecular formula is C23H26N6O2. The minimum Gasteiger partial charge on any atom is -0.384 e. The Hall–Kier alpha value is -3.49. The summed E-state index contributed by atoms with van der Waals surface area (Å²) in [4.78, 5) is 11.0. The maximum Gasteiger partial charge on any atom is 0.134 e. The Morgan fingerprint density at radius 3 is 2.81 bits per heavy atom. The molecule has 0 aliphatic carbocycles. The summed E-state index contributed by atoms with van der Waals surface area (Å²) in [6, 6.07) is 9.63. The number of rotatable bonds is 9. The zero-order valence-corrected chi connectivity index (χ0v) is 17.5. The molecule has 3 aromatic rings. The summed E-state index contributed by atoms with van der Waals surface area (Å²) in [7, 11) is 1.66. The molecule has 0 fully saturated rings. The Bertz CT molecular complexity index is 1040. The second kappa shape index (κ2) is 10.0. The normalized spacial score (nSPS) is 13.5. The van der Waals surface area contributed by atoms with Gasteiger partial charge in [0.2, 0.25) is 0 Å². The number of methoxy groups -OCH3 is 1. The van der Waals surface area contributed by atoms with Crippen molar-refractivity contribution in [1.29, 1.82) is 0 Å². The fourth-order valence-electron chi connectivity index (χ4n) is 3.36. The molecule has 8 nitrogen and oxygen atoms in total. The van der Waals surface area contributed by atoms with Gasteiger partial charge in [-0.2, -0.15) is 5.10 Å². The molecule has 0 aromatic carbocycles. The highest BCUT2D eigenvalue weighted by Gasteiger charge is 2.22. The quantitative estimate of drug-likeness (QED) is 0.534. The minimum atomic E-state index is 0.498. The highest BCUT2D eigenvalue weighted by molar-refractivity contribution is 5.87. The van der Waals surface area contributed by atoms with Crippen LogP contribution in [0, 0.1) is 0 Å². The lowest BCUT2D eigenvalue weighted by Gasteiger charge is -2.28. The summed E-state index contributed by atoms with van der Waals surface area (Å²) in [5.74, 6) is 0.498. The number of pyridine rings is 2. The van der Waals surface area contributed by atoms with Gasteiger partial charge in [-0.25, -0.2) is 4.98 Å². The first-order valence-corrected chi connectivity index (χ1v) is 10.2. The summed E-state index contributed by atoms with van der Waals surface area (Å²) in [5, 5.41) is 4.83. The van der Waals surface area contributed by atoms with E-state index in [1.54, 1.807) is 19.5 Å². The second-order valence-electron chi connectivity index (χ2n) is 7.01. The van der Waals surface area contributed by atoms with Crippen molar-refractivity contribution >= 4 is 17.2 Å². The molecule has 1 aliphatic rings.